The predicted octanol–water partition coefficient (Wildman–Crippen LogP) is 2.81. The fraction of sp³-hybridized carbons (Fsp3) is 0.333. The highest BCUT2D eigenvalue weighted by Gasteiger charge is 2.19. The van der Waals surface area contributed by atoms with Gasteiger partial charge < -0.3 is 4.90 Å². The molecule has 0 aliphatic carbocycles. The lowest BCUT2D eigenvalue weighted by molar-refractivity contribution is -0.127. The Bertz CT molecular complexity index is 673. The molecule has 1 aromatic heterocycles. The van der Waals surface area contributed by atoms with Crippen molar-refractivity contribution in [2.45, 2.75) is 13.5 Å². The number of hydrogen-bond acceptors (Lipinski definition) is 4. The zero-order chi connectivity index (χ0) is 16.1. The van der Waals surface area contributed by atoms with Crippen LogP contribution in [0.25, 0.3) is 6.08 Å². The van der Waals surface area contributed by atoms with Gasteiger partial charge in [-0.1, -0.05) is 30.3 Å². The van der Waals surface area contributed by atoms with E-state index in [1.54, 1.807) is 17.4 Å². The van der Waals surface area contributed by atoms with Crippen LogP contribution in [0.1, 0.15) is 16.3 Å². The van der Waals surface area contributed by atoms with Gasteiger partial charge in [0.1, 0.15) is 0 Å². The summed E-state index contributed by atoms with van der Waals surface area (Å²) >= 11 is 1.60. The highest BCUT2D eigenvalue weighted by Crippen LogP contribution is 2.11. The summed E-state index contributed by atoms with van der Waals surface area (Å²) in [5, 5.41) is 2.99. The van der Waals surface area contributed by atoms with Gasteiger partial charge in [0.2, 0.25) is 5.91 Å². The van der Waals surface area contributed by atoms with E-state index in [0.29, 0.717) is 0 Å². The van der Waals surface area contributed by atoms with Crippen LogP contribution < -0.4 is 0 Å². The number of piperazine rings is 1. The van der Waals surface area contributed by atoms with Gasteiger partial charge in [-0.15, -0.1) is 11.3 Å². The summed E-state index contributed by atoms with van der Waals surface area (Å²) in [7, 11) is 0. The first kappa shape index (κ1) is 15.9. The molecule has 4 nitrogen and oxygen atoms in total. The van der Waals surface area contributed by atoms with Crippen molar-refractivity contribution in [3.63, 3.8) is 0 Å². The van der Waals surface area contributed by atoms with Gasteiger partial charge in [-0.25, -0.2) is 4.98 Å². The second-order valence-corrected chi connectivity index (χ2v) is 6.77. The Hall–Kier alpha value is -1.98. The van der Waals surface area contributed by atoms with Crippen molar-refractivity contribution in [3.05, 3.63) is 58.1 Å². The summed E-state index contributed by atoms with van der Waals surface area (Å²) in [5.74, 6) is 0.0787. The largest absolute Gasteiger partial charge is 0.337 e. The Balaban J connectivity index is 1.48. The zero-order valence-corrected chi connectivity index (χ0v) is 14.1. The van der Waals surface area contributed by atoms with Crippen LogP contribution in [0.2, 0.25) is 0 Å². The molecule has 0 spiro atoms. The molecule has 0 bridgehead atoms. The van der Waals surface area contributed by atoms with Crippen LogP contribution in [0, 0.1) is 6.92 Å². The summed E-state index contributed by atoms with van der Waals surface area (Å²) < 4.78 is 0. The second kappa shape index (κ2) is 7.53. The SMILES string of the molecule is Cc1nc(/C=C/C(=O)N2CCN(Cc3ccccc3)CC2)cs1. The van der Waals surface area contributed by atoms with E-state index in [9.17, 15) is 4.79 Å². The molecule has 1 aliphatic heterocycles. The molecule has 0 atom stereocenters. The minimum Gasteiger partial charge on any atom is -0.337 e. The number of thiazole rings is 1. The molecule has 2 aromatic rings. The first-order valence-corrected chi connectivity index (χ1v) is 8.74. The van der Waals surface area contributed by atoms with Crippen LogP contribution >= 0.6 is 11.3 Å². The van der Waals surface area contributed by atoms with Gasteiger partial charge in [0.05, 0.1) is 10.7 Å². The third-order valence-electron chi connectivity index (χ3n) is 3.97. The van der Waals surface area contributed by atoms with Crippen molar-refractivity contribution >= 4 is 23.3 Å². The molecular formula is C18H21N3OS. The molecule has 0 unspecified atom stereocenters. The fourth-order valence-electron chi connectivity index (χ4n) is 2.69. The van der Waals surface area contributed by atoms with Crippen LogP contribution in [-0.4, -0.2) is 46.9 Å². The molecular weight excluding hydrogens is 306 g/mol. The topological polar surface area (TPSA) is 36.4 Å². The maximum Gasteiger partial charge on any atom is 0.246 e. The van der Waals surface area contributed by atoms with Gasteiger partial charge in [-0.05, 0) is 18.6 Å². The number of carbonyl (C=O) groups excluding carboxylic acids is 1. The summed E-state index contributed by atoms with van der Waals surface area (Å²) in [4.78, 5) is 20.9. The van der Waals surface area contributed by atoms with Crippen molar-refractivity contribution in [2.24, 2.45) is 0 Å². The summed E-state index contributed by atoms with van der Waals surface area (Å²) in [5.41, 5.74) is 2.19. The van der Waals surface area contributed by atoms with E-state index in [1.807, 2.05) is 29.3 Å². The third-order valence-corrected chi connectivity index (χ3v) is 4.76. The van der Waals surface area contributed by atoms with Crippen LogP contribution in [0.4, 0.5) is 0 Å². The first-order valence-electron chi connectivity index (χ1n) is 7.86. The predicted molar refractivity (Wildman–Crippen MR) is 94.2 cm³/mol. The number of aromatic nitrogens is 1. The van der Waals surface area contributed by atoms with E-state index in [2.05, 4.69) is 34.1 Å². The average molecular weight is 327 g/mol. The first-order chi connectivity index (χ1) is 11.2. The quantitative estimate of drug-likeness (QED) is 0.810. The molecule has 0 radical (unpaired) electrons. The Morgan fingerprint density at radius 3 is 2.61 bits per heavy atom. The second-order valence-electron chi connectivity index (χ2n) is 5.71. The van der Waals surface area contributed by atoms with E-state index in [0.717, 1.165) is 43.4 Å². The minimum atomic E-state index is 0.0787. The maximum atomic E-state index is 12.2. The molecule has 1 amide bonds. The number of benzene rings is 1. The monoisotopic (exact) mass is 327 g/mol. The zero-order valence-electron chi connectivity index (χ0n) is 13.3. The molecule has 2 heterocycles. The van der Waals surface area contributed by atoms with E-state index >= 15 is 0 Å². The molecule has 120 valence electrons. The lowest BCUT2D eigenvalue weighted by atomic mass is 10.2. The van der Waals surface area contributed by atoms with Crippen molar-refractivity contribution in [2.75, 3.05) is 26.2 Å². The van der Waals surface area contributed by atoms with Crippen LogP contribution in [0.3, 0.4) is 0 Å². The Kier molecular flexibility index (Phi) is 5.20. The Morgan fingerprint density at radius 1 is 1.22 bits per heavy atom. The molecule has 3 rings (SSSR count). The number of hydrogen-bond donors (Lipinski definition) is 0. The van der Waals surface area contributed by atoms with Gasteiger partial charge in [0.25, 0.3) is 0 Å². The number of carbonyl (C=O) groups is 1. The van der Waals surface area contributed by atoms with Gasteiger partial charge in [0.15, 0.2) is 0 Å². The van der Waals surface area contributed by atoms with Crippen molar-refractivity contribution in [1.82, 2.24) is 14.8 Å². The smallest absolute Gasteiger partial charge is 0.246 e. The van der Waals surface area contributed by atoms with Gasteiger partial charge in [-0.2, -0.15) is 0 Å². The average Bonchev–Trinajstić information content (AvgIpc) is 3.00. The van der Waals surface area contributed by atoms with E-state index < -0.39 is 0 Å². The third kappa shape index (κ3) is 4.50. The number of rotatable bonds is 4. The van der Waals surface area contributed by atoms with Crippen LogP contribution in [0.5, 0.6) is 0 Å². The lowest BCUT2D eigenvalue weighted by Crippen LogP contribution is -2.47. The molecule has 1 saturated heterocycles. The molecule has 5 heteroatoms. The number of nitrogens with zero attached hydrogens (tertiary/aromatic N) is 3. The molecule has 1 fully saturated rings. The summed E-state index contributed by atoms with van der Waals surface area (Å²) in [6, 6.07) is 10.5. The van der Waals surface area contributed by atoms with E-state index in [-0.39, 0.29) is 5.91 Å². The van der Waals surface area contributed by atoms with E-state index in [1.165, 1.54) is 5.56 Å². The fourth-order valence-corrected chi connectivity index (χ4v) is 3.27. The number of amides is 1. The highest BCUT2D eigenvalue weighted by atomic mass is 32.1. The summed E-state index contributed by atoms with van der Waals surface area (Å²) in [6.07, 6.45) is 3.45. The van der Waals surface area contributed by atoms with Crippen LogP contribution in [-0.2, 0) is 11.3 Å². The number of aryl methyl sites for hydroxylation is 1. The molecule has 1 aromatic carbocycles. The van der Waals surface area contributed by atoms with Gasteiger partial charge in [-0.3, -0.25) is 9.69 Å². The lowest BCUT2D eigenvalue weighted by Gasteiger charge is -2.34. The normalized spacial score (nSPS) is 16.1. The van der Waals surface area contributed by atoms with Crippen LogP contribution in [0.15, 0.2) is 41.8 Å². The van der Waals surface area contributed by atoms with Crippen molar-refractivity contribution in [3.8, 4) is 0 Å². The standard InChI is InChI=1S/C18H21N3OS/c1-15-19-17(14-23-15)7-8-18(22)21-11-9-20(10-12-21)13-16-5-3-2-4-6-16/h2-8,14H,9-13H2,1H3/b8-7+. The Labute approximate surface area is 141 Å². The Morgan fingerprint density at radius 2 is 1.96 bits per heavy atom. The molecule has 0 saturated carbocycles. The van der Waals surface area contributed by atoms with Crippen molar-refractivity contribution in [1.29, 1.82) is 0 Å². The molecule has 1 aliphatic rings. The van der Waals surface area contributed by atoms with Gasteiger partial charge >= 0.3 is 0 Å². The minimum absolute atomic E-state index is 0.0787. The highest BCUT2D eigenvalue weighted by molar-refractivity contribution is 7.09. The van der Waals surface area contributed by atoms with E-state index in [4.69, 9.17) is 0 Å². The summed E-state index contributed by atoms with van der Waals surface area (Å²) in [6.45, 7) is 6.33. The molecule has 23 heavy (non-hydrogen) atoms. The maximum absolute atomic E-state index is 12.2. The van der Waals surface area contributed by atoms with Gasteiger partial charge in [0, 0.05) is 44.2 Å². The molecule has 0 N–H and O–H groups in total. The van der Waals surface area contributed by atoms with Crippen molar-refractivity contribution < 1.29 is 4.79 Å².